The third-order valence-corrected chi connectivity index (χ3v) is 4.09. The maximum atomic E-state index is 13.5. The van der Waals surface area contributed by atoms with Crippen molar-refractivity contribution < 1.29 is 27.5 Å². The smallest absolute Gasteiger partial charge is 0.416 e. The molecule has 1 unspecified atom stereocenters. The number of carbonyl (C=O) groups excluding carboxylic acids is 2. The second-order valence-corrected chi connectivity index (χ2v) is 7.21. The van der Waals surface area contributed by atoms with Gasteiger partial charge in [0.25, 0.3) is 0 Å². The lowest BCUT2D eigenvalue weighted by molar-refractivity contribution is -0.140. The highest BCUT2D eigenvalue weighted by molar-refractivity contribution is 5.93. The molecule has 0 saturated heterocycles. The molecule has 0 bridgehead atoms. The molecule has 0 radical (unpaired) electrons. The highest BCUT2D eigenvalue weighted by atomic mass is 19.4. The van der Waals surface area contributed by atoms with Crippen LogP contribution in [0.25, 0.3) is 0 Å². The Balaban J connectivity index is 2.51. The van der Waals surface area contributed by atoms with E-state index in [1.54, 1.807) is 20.8 Å². The van der Waals surface area contributed by atoms with Crippen LogP contribution in [0.3, 0.4) is 0 Å². The molecule has 1 aliphatic carbocycles. The Kier molecular flexibility index (Phi) is 5.16. The van der Waals surface area contributed by atoms with Crippen molar-refractivity contribution >= 4 is 11.9 Å². The van der Waals surface area contributed by atoms with Crippen LogP contribution in [0.4, 0.5) is 18.0 Å². The van der Waals surface area contributed by atoms with Crippen molar-refractivity contribution in [2.75, 3.05) is 0 Å². The molecule has 4 nitrogen and oxygen atoms in total. The van der Waals surface area contributed by atoms with Crippen molar-refractivity contribution in [3.63, 3.8) is 0 Å². The Hall–Kier alpha value is -2.05. The van der Waals surface area contributed by atoms with E-state index in [1.807, 2.05) is 0 Å². The van der Waals surface area contributed by atoms with Crippen molar-refractivity contribution in [2.24, 2.45) is 0 Å². The standard InChI is InChI=1S/C18H22F3NO3/c1-16(2,3)25-15(24)22-17(11-7-6-10-14(17)23)12-8-4-5-9-13(12)18(19,20)21/h4-5,8-9H,6-7,10-11H2,1-3H3,(H,22,24). The largest absolute Gasteiger partial charge is 0.444 e. The fourth-order valence-corrected chi connectivity index (χ4v) is 3.09. The number of ether oxygens (including phenoxy) is 1. The first-order valence-electron chi connectivity index (χ1n) is 8.17. The van der Waals surface area contributed by atoms with Gasteiger partial charge < -0.3 is 10.1 Å². The maximum absolute atomic E-state index is 13.5. The molecule has 1 fully saturated rings. The number of alkyl halides is 3. The van der Waals surface area contributed by atoms with Crippen molar-refractivity contribution in [3.05, 3.63) is 35.4 Å². The Bertz CT molecular complexity index is 664. The molecule has 1 aromatic rings. The topological polar surface area (TPSA) is 55.4 Å². The first-order chi connectivity index (χ1) is 11.5. The number of rotatable bonds is 2. The maximum Gasteiger partial charge on any atom is 0.416 e. The zero-order valence-electron chi connectivity index (χ0n) is 14.5. The van der Waals surface area contributed by atoms with Gasteiger partial charge in [0.15, 0.2) is 5.78 Å². The number of hydrogen-bond donors (Lipinski definition) is 1. The molecule has 0 heterocycles. The predicted molar refractivity (Wildman–Crippen MR) is 86.0 cm³/mol. The number of carbonyl (C=O) groups is 2. The van der Waals surface area contributed by atoms with Crippen LogP contribution in [-0.4, -0.2) is 17.5 Å². The fraction of sp³-hybridized carbons (Fsp3) is 0.556. The van der Waals surface area contributed by atoms with Crippen LogP contribution in [0.15, 0.2) is 24.3 Å². The average Bonchev–Trinajstić information content (AvgIpc) is 2.47. The summed E-state index contributed by atoms with van der Waals surface area (Å²) in [5.74, 6) is -0.429. The number of amides is 1. The Morgan fingerprint density at radius 1 is 1.16 bits per heavy atom. The second kappa shape index (κ2) is 6.69. The van der Waals surface area contributed by atoms with Crippen LogP contribution < -0.4 is 5.32 Å². The molecule has 0 aromatic heterocycles. The molecule has 7 heteroatoms. The molecule has 2 rings (SSSR count). The third-order valence-electron chi connectivity index (χ3n) is 4.09. The summed E-state index contributed by atoms with van der Waals surface area (Å²) >= 11 is 0. The first-order valence-corrected chi connectivity index (χ1v) is 8.17. The summed E-state index contributed by atoms with van der Waals surface area (Å²) in [7, 11) is 0. The van der Waals surface area contributed by atoms with Crippen LogP contribution in [0.2, 0.25) is 0 Å². The van der Waals surface area contributed by atoms with E-state index in [1.165, 1.54) is 18.2 Å². The van der Waals surface area contributed by atoms with Crippen molar-refractivity contribution in [1.29, 1.82) is 0 Å². The summed E-state index contributed by atoms with van der Waals surface area (Å²) in [4.78, 5) is 24.9. The van der Waals surface area contributed by atoms with Gasteiger partial charge in [0, 0.05) is 6.42 Å². The van der Waals surface area contributed by atoms with E-state index in [9.17, 15) is 22.8 Å². The number of hydrogen-bond acceptors (Lipinski definition) is 3. The van der Waals surface area contributed by atoms with Gasteiger partial charge >= 0.3 is 12.3 Å². The SMILES string of the molecule is CC(C)(C)OC(=O)NC1(c2ccccc2C(F)(F)F)CCCCC1=O. The van der Waals surface area contributed by atoms with Gasteiger partial charge in [0.2, 0.25) is 0 Å². The van der Waals surface area contributed by atoms with Gasteiger partial charge in [-0.15, -0.1) is 0 Å². The zero-order valence-corrected chi connectivity index (χ0v) is 14.5. The summed E-state index contributed by atoms with van der Waals surface area (Å²) in [6, 6.07) is 4.88. The van der Waals surface area contributed by atoms with Crippen LogP contribution in [0, 0.1) is 0 Å². The van der Waals surface area contributed by atoms with Crippen LogP contribution in [-0.2, 0) is 21.2 Å². The molecule has 0 aliphatic heterocycles. The molecule has 25 heavy (non-hydrogen) atoms. The van der Waals surface area contributed by atoms with E-state index in [0.29, 0.717) is 12.8 Å². The molecule has 1 N–H and O–H groups in total. The van der Waals surface area contributed by atoms with E-state index in [0.717, 1.165) is 6.07 Å². The molecule has 0 spiro atoms. The van der Waals surface area contributed by atoms with Gasteiger partial charge in [-0.3, -0.25) is 4.79 Å². The van der Waals surface area contributed by atoms with E-state index < -0.39 is 34.8 Å². The number of benzene rings is 1. The summed E-state index contributed by atoms with van der Waals surface area (Å²) in [5, 5.41) is 2.46. The van der Waals surface area contributed by atoms with Gasteiger partial charge in [-0.05, 0) is 51.7 Å². The number of Topliss-reactive ketones (excluding diaryl/α,β-unsaturated/α-hetero) is 1. The Morgan fingerprint density at radius 3 is 2.36 bits per heavy atom. The normalized spacial score (nSPS) is 21.8. The molecule has 1 aromatic carbocycles. The lowest BCUT2D eigenvalue weighted by atomic mass is 9.74. The van der Waals surface area contributed by atoms with Gasteiger partial charge in [0.05, 0.1) is 5.56 Å². The monoisotopic (exact) mass is 357 g/mol. The van der Waals surface area contributed by atoms with Crippen LogP contribution >= 0.6 is 0 Å². The van der Waals surface area contributed by atoms with Crippen molar-refractivity contribution in [2.45, 2.75) is 63.8 Å². The highest BCUT2D eigenvalue weighted by Crippen LogP contribution is 2.42. The molecular formula is C18H22F3NO3. The highest BCUT2D eigenvalue weighted by Gasteiger charge is 2.48. The van der Waals surface area contributed by atoms with Crippen LogP contribution in [0.1, 0.15) is 57.6 Å². The molecule has 1 atom stereocenters. The van der Waals surface area contributed by atoms with Crippen molar-refractivity contribution in [3.8, 4) is 0 Å². The Labute approximate surface area is 144 Å². The summed E-state index contributed by atoms with van der Waals surface area (Å²) < 4.78 is 45.5. The predicted octanol–water partition coefficient (Wildman–Crippen LogP) is 4.57. The summed E-state index contributed by atoms with van der Waals surface area (Å²) in [6.07, 6.45) is -4.19. The van der Waals surface area contributed by atoms with Gasteiger partial charge in [0.1, 0.15) is 11.1 Å². The molecule has 1 aliphatic rings. The number of alkyl carbamates (subject to hydrolysis) is 1. The van der Waals surface area contributed by atoms with E-state index >= 15 is 0 Å². The van der Waals surface area contributed by atoms with E-state index in [2.05, 4.69) is 5.32 Å². The molecule has 138 valence electrons. The second-order valence-electron chi connectivity index (χ2n) is 7.21. The number of halogens is 3. The van der Waals surface area contributed by atoms with E-state index in [4.69, 9.17) is 4.74 Å². The molecular weight excluding hydrogens is 335 g/mol. The first kappa shape index (κ1) is 19.3. The average molecular weight is 357 g/mol. The Morgan fingerprint density at radius 2 is 1.80 bits per heavy atom. The van der Waals surface area contributed by atoms with Crippen molar-refractivity contribution in [1.82, 2.24) is 5.32 Å². The summed E-state index contributed by atoms with van der Waals surface area (Å²) in [5.41, 5.74) is -3.68. The van der Waals surface area contributed by atoms with Crippen LogP contribution in [0.5, 0.6) is 0 Å². The molecule has 1 amide bonds. The lowest BCUT2D eigenvalue weighted by Gasteiger charge is -2.38. The third kappa shape index (κ3) is 4.32. The lowest BCUT2D eigenvalue weighted by Crippen LogP contribution is -2.55. The molecule has 1 saturated carbocycles. The zero-order chi connectivity index (χ0) is 18.9. The number of ketones is 1. The van der Waals surface area contributed by atoms with Gasteiger partial charge in [-0.1, -0.05) is 18.2 Å². The minimum Gasteiger partial charge on any atom is -0.444 e. The summed E-state index contributed by atoms with van der Waals surface area (Å²) in [6.45, 7) is 4.93. The quantitative estimate of drug-likeness (QED) is 0.844. The number of nitrogens with one attached hydrogen (secondary N) is 1. The fourth-order valence-electron chi connectivity index (χ4n) is 3.09. The van der Waals surface area contributed by atoms with Gasteiger partial charge in [-0.2, -0.15) is 13.2 Å². The minimum absolute atomic E-state index is 0.109. The van der Waals surface area contributed by atoms with Gasteiger partial charge in [-0.25, -0.2) is 4.79 Å². The minimum atomic E-state index is -4.63. The van der Waals surface area contributed by atoms with E-state index in [-0.39, 0.29) is 18.4 Å².